The van der Waals surface area contributed by atoms with Crippen molar-refractivity contribution in [2.45, 2.75) is 25.8 Å². The lowest BCUT2D eigenvalue weighted by atomic mass is 9.98. The van der Waals surface area contributed by atoms with Crippen molar-refractivity contribution in [2.24, 2.45) is 0 Å². The standard InChI is InChI=1S/C17H19Cl2N/c1-12-6-7-14(17(19)8-12)11-16(20-2)10-13-4-3-5-15(18)9-13/h3-9,16,20H,10-11H2,1-2H3. The molecule has 1 nitrogen and oxygen atoms in total. The van der Waals surface area contributed by atoms with Crippen LogP contribution in [0.25, 0.3) is 0 Å². The maximum Gasteiger partial charge on any atom is 0.0441 e. The lowest BCUT2D eigenvalue weighted by Gasteiger charge is -2.17. The normalized spacial score (nSPS) is 12.4. The molecule has 0 aromatic heterocycles. The first-order valence-corrected chi connectivity index (χ1v) is 7.51. The van der Waals surface area contributed by atoms with Crippen molar-refractivity contribution in [3.8, 4) is 0 Å². The largest absolute Gasteiger partial charge is 0.316 e. The van der Waals surface area contributed by atoms with E-state index in [9.17, 15) is 0 Å². The van der Waals surface area contributed by atoms with E-state index in [-0.39, 0.29) is 0 Å². The number of aryl methyl sites for hydroxylation is 1. The second-order valence-electron chi connectivity index (χ2n) is 5.12. The van der Waals surface area contributed by atoms with Gasteiger partial charge in [-0.25, -0.2) is 0 Å². The summed E-state index contributed by atoms with van der Waals surface area (Å²) in [6.07, 6.45) is 1.84. The van der Waals surface area contributed by atoms with Crippen LogP contribution in [0.15, 0.2) is 42.5 Å². The zero-order valence-corrected chi connectivity index (χ0v) is 13.3. The molecule has 1 unspecified atom stereocenters. The summed E-state index contributed by atoms with van der Waals surface area (Å²) in [5, 5.41) is 4.99. The Morgan fingerprint density at radius 3 is 2.50 bits per heavy atom. The third-order valence-electron chi connectivity index (χ3n) is 3.45. The Balaban J connectivity index is 2.09. The second-order valence-corrected chi connectivity index (χ2v) is 5.96. The molecule has 0 amide bonds. The lowest BCUT2D eigenvalue weighted by molar-refractivity contribution is 0.556. The minimum Gasteiger partial charge on any atom is -0.316 e. The second kappa shape index (κ2) is 7.12. The van der Waals surface area contributed by atoms with Crippen LogP contribution in [0.3, 0.4) is 0 Å². The first kappa shape index (κ1) is 15.4. The van der Waals surface area contributed by atoms with Crippen LogP contribution in [0.2, 0.25) is 10.0 Å². The average molecular weight is 308 g/mol. The van der Waals surface area contributed by atoms with E-state index in [1.54, 1.807) is 0 Å². The number of hydrogen-bond donors (Lipinski definition) is 1. The Labute approximate surface area is 130 Å². The molecule has 0 heterocycles. The van der Waals surface area contributed by atoms with Gasteiger partial charge in [0.2, 0.25) is 0 Å². The highest BCUT2D eigenvalue weighted by Gasteiger charge is 2.11. The van der Waals surface area contributed by atoms with Crippen molar-refractivity contribution >= 4 is 23.2 Å². The van der Waals surface area contributed by atoms with Gasteiger partial charge in [0.25, 0.3) is 0 Å². The fourth-order valence-corrected chi connectivity index (χ4v) is 2.83. The Kier molecular flexibility index (Phi) is 5.47. The summed E-state index contributed by atoms with van der Waals surface area (Å²) in [7, 11) is 1.98. The van der Waals surface area contributed by atoms with Crippen LogP contribution < -0.4 is 5.32 Å². The maximum absolute atomic E-state index is 6.31. The summed E-state index contributed by atoms with van der Waals surface area (Å²) >= 11 is 12.3. The average Bonchev–Trinajstić information content (AvgIpc) is 2.41. The molecule has 0 aliphatic heterocycles. The van der Waals surface area contributed by atoms with E-state index < -0.39 is 0 Å². The SMILES string of the molecule is CNC(Cc1cccc(Cl)c1)Cc1ccc(C)cc1Cl. The van der Waals surface area contributed by atoms with E-state index in [2.05, 4.69) is 30.4 Å². The summed E-state index contributed by atoms with van der Waals surface area (Å²) in [5.74, 6) is 0. The van der Waals surface area contributed by atoms with Crippen molar-refractivity contribution in [2.75, 3.05) is 7.05 Å². The molecule has 0 spiro atoms. The number of nitrogens with one attached hydrogen (secondary N) is 1. The van der Waals surface area contributed by atoms with Crippen LogP contribution in [-0.4, -0.2) is 13.1 Å². The zero-order chi connectivity index (χ0) is 14.5. The maximum atomic E-state index is 6.31. The molecule has 0 radical (unpaired) electrons. The van der Waals surface area contributed by atoms with Crippen LogP contribution in [0.5, 0.6) is 0 Å². The quantitative estimate of drug-likeness (QED) is 0.846. The molecule has 3 heteroatoms. The molecule has 0 fully saturated rings. The number of likely N-dealkylation sites (N-methyl/N-ethyl adjacent to an activating group) is 1. The smallest absolute Gasteiger partial charge is 0.0441 e. The highest BCUT2D eigenvalue weighted by atomic mass is 35.5. The molecule has 1 atom stereocenters. The van der Waals surface area contributed by atoms with E-state index in [0.717, 1.165) is 22.9 Å². The number of hydrogen-bond acceptors (Lipinski definition) is 1. The van der Waals surface area contributed by atoms with Gasteiger partial charge in [0.15, 0.2) is 0 Å². The van der Waals surface area contributed by atoms with E-state index in [1.165, 1.54) is 16.7 Å². The van der Waals surface area contributed by atoms with Gasteiger partial charge in [-0.3, -0.25) is 0 Å². The molecular formula is C17H19Cl2N. The molecule has 0 aliphatic rings. The Morgan fingerprint density at radius 1 is 1.05 bits per heavy atom. The molecule has 2 aromatic rings. The number of benzene rings is 2. The topological polar surface area (TPSA) is 12.0 Å². The van der Waals surface area contributed by atoms with Gasteiger partial charge in [-0.1, -0.05) is 47.5 Å². The van der Waals surface area contributed by atoms with Crippen LogP contribution >= 0.6 is 23.2 Å². The Bertz CT molecular complexity index is 581. The van der Waals surface area contributed by atoms with E-state index in [0.29, 0.717) is 6.04 Å². The van der Waals surface area contributed by atoms with Gasteiger partial charge in [-0.2, -0.15) is 0 Å². The van der Waals surface area contributed by atoms with Crippen LogP contribution in [0.4, 0.5) is 0 Å². The summed E-state index contributed by atoms with van der Waals surface area (Å²) < 4.78 is 0. The fraction of sp³-hybridized carbons (Fsp3) is 0.294. The highest BCUT2D eigenvalue weighted by molar-refractivity contribution is 6.31. The van der Waals surface area contributed by atoms with Crippen molar-refractivity contribution < 1.29 is 0 Å². The van der Waals surface area contributed by atoms with E-state index in [4.69, 9.17) is 23.2 Å². The monoisotopic (exact) mass is 307 g/mol. The minimum atomic E-state index is 0.341. The van der Waals surface area contributed by atoms with Crippen molar-refractivity contribution in [3.63, 3.8) is 0 Å². The van der Waals surface area contributed by atoms with Crippen molar-refractivity contribution in [3.05, 3.63) is 69.2 Å². The van der Waals surface area contributed by atoms with Gasteiger partial charge in [0, 0.05) is 16.1 Å². The van der Waals surface area contributed by atoms with Gasteiger partial charge in [-0.15, -0.1) is 0 Å². The van der Waals surface area contributed by atoms with Gasteiger partial charge < -0.3 is 5.32 Å². The van der Waals surface area contributed by atoms with Gasteiger partial charge in [-0.05, 0) is 61.7 Å². The summed E-state index contributed by atoms with van der Waals surface area (Å²) in [4.78, 5) is 0. The molecular weight excluding hydrogens is 289 g/mol. The first-order chi connectivity index (χ1) is 9.58. The third-order valence-corrected chi connectivity index (χ3v) is 4.04. The highest BCUT2D eigenvalue weighted by Crippen LogP contribution is 2.20. The summed E-state index contributed by atoms with van der Waals surface area (Å²) in [5.41, 5.74) is 3.60. The van der Waals surface area contributed by atoms with Crippen LogP contribution in [0, 0.1) is 6.92 Å². The molecule has 0 saturated heterocycles. The molecule has 0 saturated carbocycles. The summed E-state index contributed by atoms with van der Waals surface area (Å²) in [6, 6.07) is 14.6. The van der Waals surface area contributed by atoms with Crippen LogP contribution in [-0.2, 0) is 12.8 Å². The minimum absolute atomic E-state index is 0.341. The van der Waals surface area contributed by atoms with E-state index >= 15 is 0 Å². The zero-order valence-electron chi connectivity index (χ0n) is 11.8. The third kappa shape index (κ3) is 4.24. The van der Waals surface area contributed by atoms with Crippen molar-refractivity contribution in [1.29, 1.82) is 0 Å². The molecule has 0 bridgehead atoms. The molecule has 20 heavy (non-hydrogen) atoms. The molecule has 106 valence electrons. The molecule has 2 rings (SSSR count). The number of halogens is 2. The van der Waals surface area contributed by atoms with Gasteiger partial charge in [0.05, 0.1) is 0 Å². The Morgan fingerprint density at radius 2 is 1.85 bits per heavy atom. The van der Waals surface area contributed by atoms with Gasteiger partial charge >= 0.3 is 0 Å². The predicted molar refractivity (Wildman–Crippen MR) is 87.9 cm³/mol. The molecule has 2 aromatic carbocycles. The first-order valence-electron chi connectivity index (χ1n) is 6.75. The van der Waals surface area contributed by atoms with Crippen LogP contribution in [0.1, 0.15) is 16.7 Å². The van der Waals surface area contributed by atoms with E-state index in [1.807, 2.05) is 31.3 Å². The lowest BCUT2D eigenvalue weighted by Crippen LogP contribution is -2.30. The molecule has 1 N–H and O–H groups in total. The predicted octanol–water partition coefficient (Wildman–Crippen LogP) is 4.68. The van der Waals surface area contributed by atoms with Crippen molar-refractivity contribution in [1.82, 2.24) is 5.32 Å². The fourth-order valence-electron chi connectivity index (χ4n) is 2.31. The Hall–Kier alpha value is -1.02. The number of rotatable bonds is 5. The molecule has 0 aliphatic carbocycles. The van der Waals surface area contributed by atoms with Gasteiger partial charge in [0.1, 0.15) is 0 Å². The summed E-state index contributed by atoms with van der Waals surface area (Å²) in [6.45, 7) is 2.05.